The van der Waals surface area contributed by atoms with E-state index >= 15 is 0 Å². The zero-order chi connectivity index (χ0) is 9.73. The van der Waals surface area contributed by atoms with Crippen LogP contribution in [0.3, 0.4) is 0 Å². The molecule has 13 heavy (non-hydrogen) atoms. The van der Waals surface area contributed by atoms with Gasteiger partial charge in [-0.2, -0.15) is 0 Å². The Labute approximate surface area is 79.6 Å². The molecular weight excluding hydrogens is 184 g/mol. The van der Waals surface area contributed by atoms with Crippen LogP contribution >= 0.6 is 0 Å². The van der Waals surface area contributed by atoms with Crippen molar-refractivity contribution in [2.24, 2.45) is 0 Å². The van der Waals surface area contributed by atoms with E-state index in [1.807, 2.05) is 19.1 Å². The van der Waals surface area contributed by atoms with Crippen molar-refractivity contribution < 1.29 is 8.42 Å². The molecule has 1 aliphatic rings. The van der Waals surface area contributed by atoms with Gasteiger partial charge in [0.1, 0.15) is 0 Å². The van der Waals surface area contributed by atoms with Crippen molar-refractivity contribution in [3.63, 3.8) is 0 Å². The fraction of sp³-hybridized carbons (Fsp3) is 0.400. The summed E-state index contributed by atoms with van der Waals surface area (Å²) >= 11 is 0. The number of hydrogen-bond acceptors (Lipinski definition) is 2. The lowest BCUT2D eigenvalue weighted by molar-refractivity contribution is 0.601. The Morgan fingerprint density at radius 1 is 1.38 bits per heavy atom. The second-order valence-corrected chi connectivity index (χ2v) is 5.06. The SMILES string of the molecule is CCCS(=O)(=O)C1=CCC=CC=C1. The molecule has 0 aliphatic heterocycles. The molecule has 0 heterocycles. The Hall–Kier alpha value is -0.830. The van der Waals surface area contributed by atoms with E-state index in [4.69, 9.17) is 0 Å². The van der Waals surface area contributed by atoms with Gasteiger partial charge in [-0.25, -0.2) is 8.42 Å². The minimum absolute atomic E-state index is 0.239. The van der Waals surface area contributed by atoms with Crippen molar-refractivity contribution in [3.05, 3.63) is 35.3 Å². The molecule has 3 heteroatoms. The zero-order valence-corrected chi connectivity index (χ0v) is 8.55. The van der Waals surface area contributed by atoms with E-state index in [0.29, 0.717) is 17.7 Å². The molecule has 0 bridgehead atoms. The highest BCUT2D eigenvalue weighted by Gasteiger charge is 2.13. The molecule has 72 valence electrons. The van der Waals surface area contributed by atoms with Gasteiger partial charge in [-0.1, -0.05) is 31.2 Å². The lowest BCUT2D eigenvalue weighted by Crippen LogP contribution is -2.06. The third-order valence-corrected chi connectivity index (χ3v) is 3.76. The molecule has 0 N–H and O–H groups in total. The van der Waals surface area contributed by atoms with E-state index in [9.17, 15) is 8.42 Å². The Bertz CT molecular complexity index is 345. The van der Waals surface area contributed by atoms with Crippen molar-refractivity contribution in [2.45, 2.75) is 19.8 Å². The highest BCUT2D eigenvalue weighted by molar-refractivity contribution is 7.95. The fourth-order valence-corrected chi connectivity index (χ4v) is 2.59. The second-order valence-electron chi connectivity index (χ2n) is 2.95. The molecule has 0 radical (unpaired) electrons. The molecule has 0 aromatic heterocycles. The van der Waals surface area contributed by atoms with Crippen molar-refractivity contribution in [2.75, 3.05) is 5.75 Å². The average molecular weight is 198 g/mol. The standard InChI is InChI=1S/C10H14O2S/c1-2-9-13(11,12)10-7-5-3-4-6-8-10/h3-5,7-8H,2,6,9H2,1H3. The predicted octanol–water partition coefficient (Wildman–Crippen LogP) is 2.21. The van der Waals surface area contributed by atoms with E-state index in [1.165, 1.54) is 0 Å². The summed E-state index contributed by atoms with van der Waals surface area (Å²) in [5.74, 6) is 0.239. The highest BCUT2D eigenvalue weighted by atomic mass is 32.2. The zero-order valence-electron chi connectivity index (χ0n) is 7.73. The van der Waals surface area contributed by atoms with Gasteiger partial charge in [-0.15, -0.1) is 0 Å². The van der Waals surface area contributed by atoms with Gasteiger partial charge in [0.05, 0.1) is 10.7 Å². The number of sulfone groups is 1. The summed E-state index contributed by atoms with van der Waals surface area (Å²) in [6, 6.07) is 0. The first kappa shape index (κ1) is 10.3. The van der Waals surface area contributed by atoms with E-state index in [0.717, 1.165) is 0 Å². The van der Waals surface area contributed by atoms with Crippen LogP contribution < -0.4 is 0 Å². The van der Waals surface area contributed by atoms with E-state index in [1.54, 1.807) is 18.2 Å². The van der Waals surface area contributed by atoms with Crippen LogP contribution in [0.15, 0.2) is 35.3 Å². The lowest BCUT2D eigenvalue weighted by atomic mass is 10.4. The fourth-order valence-electron chi connectivity index (χ4n) is 1.18. The van der Waals surface area contributed by atoms with Crippen LogP contribution in [0, 0.1) is 0 Å². The van der Waals surface area contributed by atoms with Crippen LogP contribution in [-0.4, -0.2) is 14.2 Å². The van der Waals surface area contributed by atoms with Crippen LogP contribution in [0.1, 0.15) is 19.8 Å². The Morgan fingerprint density at radius 3 is 2.85 bits per heavy atom. The van der Waals surface area contributed by atoms with Crippen LogP contribution in [-0.2, 0) is 9.84 Å². The van der Waals surface area contributed by atoms with Crippen LogP contribution in [0.4, 0.5) is 0 Å². The van der Waals surface area contributed by atoms with Crippen molar-refractivity contribution >= 4 is 9.84 Å². The second kappa shape index (κ2) is 4.42. The minimum Gasteiger partial charge on any atom is -0.224 e. The molecule has 0 saturated carbocycles. The van der Waals surface area contributed by atoms with E-state index in [-0.39, 0.29) is 5.75 Å². The molecule has 0 aromatic rings. The topological polar surface area (TPSA) is 34.1 Å². The van der Waals surface area contributed by atoms with E-state index in [2.05, 4.69) is 0 Å². The van der Waals surface area contributed by atoms with E-state index < -0.39 is 9.84 Å². The maximum atomic E-state index is 11.6. The summed E-state index contributed by atoms with van der Waals surface area (Å²) in [5, 5.41) is 0. The first-order valence-electron chi connectivity index (χ1n) is 4.43. The van der Waals surface area contributed by atoms with Crippen molar-refractivity contribution in [1.82, 2.24) is 0 Å². The summed E-state index contributed by atoms with van der Waals surface area (Å²) in [6.07, 6.45) is 10.4. The van der Waals surface area contributed by atoms with Gasteiger partial charge in [0.15, 0.2) is 9.84 Å². The molecule has 1 rings (SSSR count). The van der Waals surface area contributed by atoms with Gasteiger partial charge in [-0.3, -0.25) is 0 Å². The minimum atomic E-state index is -3.02. The van der Waals surface area contributed by atoms with Gasteiger partial charge < -0.3 is 0 Å². The van der Waals surface area contributed by atoms with Gasteiger partial charge in [-0.05, 0) is 18.9 Å². The predicted molar refractivity (Wildman–Crippen MR) is 55.1 cm³/mol. The van der Waals surface area contributed by atoms with Crippen LogP contribution in [0.2, 0.25) is 0 Å². The summed E-state index contributed by atoms with van der Waals surface area (Å²) in [5.41, 5.74) is 0. The Morgan fingerprint density at radius 2 is 2.15 bits per heavy atom. The molecule has 0 saturated heterocycles. The largest absolute Gasteiger partial charge is 0.224 e. The molecule has 0 aromatic carbocycles. The molecule has 0 atom stereocenters. The molecule has 1 aliphatic carbocycles. The molecule has 0 fully saturated rings. The Kier molecular flexibility index (Phi) is 3.48. The quantitative estimate of drug-likeness (QED) is 0.696. The van der Waals surface area contributed by atoms with Gasteiger partial charge >= 0.3 is 0 Å². The lowest BCUT2D eigenvalue weighted by Gasteiger charge is -2.01. The number of rotatable bonds is 3. The van der Waals surface area contributed by atoms with Crippen molar-refractivity contribution in [1.29, 1.82) is 0 Å². The molecule has 0 amide bonds. The highest BCUT2D eigenvalue weighted by Crippen LogP contribution is 2.14. The molecule has 0 unspecified atom stereocenters. The van der Waals surface area contributed by atoms with Crippen LogP contribution in [0.25, 0.3) is 0 Å². The van der Waals surface area contributed by atoms with Gasteiger partial charge in [0.2, 0.25) is 0 Å². The normalized spacial score (nSPS) is 16.8. The molecule has 2 nitrogen and oxygen atoms in total. The van der Waals surface area contributed by atoms with Crippen molar-refractivity contribution in [3.8, 4) is 0 Å². The summed E-state index contributed by atoms with van der Waals surface area (Å²) in [7, 11) is -3.02. The summed E-state index contributed by atoms with van der Waals surface area (Å²) in [6.45, 7) is 1.87. The number of hydrogen-bond donors (Lipinski definition) is 0. The van der Waals surface area contributed by atoms with Gasteiger partial charge in [0, 0.05) is 0 Å². The average Bonchev–Trinajstić information content (AvgIpc) is 2.31. The molecular formula is C10H14O2S. The maximum absolute atomic E-state index is 11.6. The summed E-state index contributed by atoms with van der Waals surface area (Å²) in [4.78, 5) is 0.458. The monoisotopic (exact) mass is 198 g/mol. The van der Waals surface area contributed by atoms with Crippen LogP contribution in [0.5, 0.6) is 0 Å². The molecule has 0 spiro atoms. The first-order valence-corrected chi connectivity index (χ1v) is 6.08. The smallest absolute Gasteiger partial charge is 0.178 e. The number of allylic oxidation sites excluding steroid dienone is 5. The third-order valence-electron chi connectivity index (χ3n) is 1.79. The maximum Gasteiger partial charge on any atom is 0.178 e. The first-order chi connectivity index (χ1) is 6.17. The third kappa shape index (κ3) is 2.84. The summed E-state index contributed by atoms with van der Waals surface area (Å²) < 4.78 is 23.2. The Balaban J connectivity index is 2.89. The van der Waals surface area contributed by atoms with Gasteiger partial charge in [0.25, 0.3) is 0 Å².